The van der Waals surface area contributed by atoms with E-state index < -0.39 is 0 Å². The number of thioether (sulfide) groups is 1. The maximum atomic E-state index is 12.3. The highest BCUT2D eigenvalue weighted by molar-refractivity contribution is 8.00. The highest BCUT2D eigenvalue weighted by Gasteiger charge is 2.11. The van der Waals surface area contributed by atoms with Crippen molar-refractivity contribution in [3.05, 3.63) is 94.3 Å². The summed E-state index contributed by atoms with van der Waals surface area (Å²) < 4.78 is 0. The molecule has 0 fully saturated rings. The van der Waals surface area contributed by atoms with E-state index in [4.69, 9.17) is 11.6 Å². The van der Waals surface area contributed by atoms with Crippen molar-refractivity contribution in [3.63, 3.8) is 0 Å². The van der Waals surface area contributed by atoms with E-state index in [9.17, 15) is 9.59 Å². The average Bonchev–Trinajstić information content (AvgIpc) is 3.27. The van der Waals surface area contributed by atoms with Crippen LogP contribution in [0.15, 0.2) is 83.1 Å². The number of aromatic nitrogens is 1. The summed E-state index contributed by atoms with van der Waals surface area (Å²) in [6.07, 6.45) is 0. The lowest BCUT2D eigenvalue weighted by molar-refractivity contribution is -0.113. The van der Waals surface area contributed by atoms with Gasteiger partial charge in [0.1, 0.15) is 0 Å². The van der Waals surface area contributed by atoms with E-state index in [0.29, 0.717) is 21.4 Å². The van der Waals surface area contributed by atoms with Gasteiger partial charge in [-0.25, -0.2) is 4.98 Å². The fraction of sp³-hybridized carbons (Fsp3) is 0.0800. The molecule has 8 heteroatoms. The van der Waals surface area contributed by atoms with Crippen molar-refractivity contribution in [3.8, 4) is 11.3 Å². The Balaban J connectivity index is 1.28. The van der Waals surface area contributed by atoms with Gasteiger partial charge in [0.2, 0.25) is 5.91 Å². The lowest BCUT2D eigenvalue weighted by Crippen LogP contribution is -2.13. The zero-order valence-electron chi connectivity index (χ0n) is 17.7. The Kier molecular flexibility index (Phi) is 7.44. The molecule has 0 aliphatic carbocycles. The van der Waals surface area contributed by atoms with Crippen LogP contribution in [-0.2, 0) is 4.79 Å². The molecular formula is C25H20ClN3O2S2. The SMILES string of the molecule is Cc1ccc(C(=O)Nc2ccc(SCC(=O)Nc3nc(-c4ccccc4Cl)cs3)cc2)cc1. The van der Waals surface area contributed by atoms with Gasteiger partial charge in [-0.05, 0) is 49.4 Å². The van der Waals surface area contributed by atoms with Crippen molar-refractivity contribution < 1.29 is 9.59 Å². The largest absolute Gasteiger partial charge is 0.322 e. The summed E-state index contributed by atoms with van der Waals surface area (Å²) in [5.74, 6) is -0.0537. The van der Waals surface area contributed by atoms with E-state index in [1.807, 2.05) is 73.0 Å². The standard InChI is InChI=1S/C25H20ClN3O2S2/c1-16-6-8-17(9-7-16)24(31)27-18-10-12-19(13-11-18)32-15-23(30)29-25-28-22(14-33-25)20-4-2-3-5-21(20)26/h2-14H,15H2,1H3,(H,27,31)(H,28,29,30). The lowest BCUT2D eigenvalue weighted by atomic mass is 10.1. The van der Waals surface area contributed by atoms with Crippen LogP contribution in [0.25, 0.3) is 11.3 Å². The van der Waals surface area contributed by atoms with Gasteiger partial charge >= 0.3 is 0 Å². The molecule has 0 saturated carbocycles. The summed E-state index contributed by atoms with van der Waals surface area (Å²) >= 11 is 8.99. The normalized spacial score (nSPS) is 10.6. The smallest absolute Gasteiger partial charge is 0.255 e. The number of benzene rings is 3. The zero-order valence-corrected chi connectivity index (χ0v) is 20.1. The molecule has 4 aromatic rings. The van der Waals surface area contributed by atoms with Crippen molar-refractivity contribution in [1.82, 2.24) is 4.98 Å². The number of hydrogen-bond donors (Lipinski definition) is 2. The molecule has 0 unspecified atom stereocenters. The van der Waals surface area contributed by atoms with Gasteiger partial charge in [-0.2, -0.15) is 0 Å². The third-order valence-corrected chi connectivity index (χ3v) is 6.80. The molecule has 2 N–H and O–H groups in total. The first-order valence-electron chi connectivity index (χ1n) is 10.1. The number of hydrogen-bond acceptors (Lipinski definition) is 5. The van der Waals surface area contributed by atoms with Gasteiger partial charge in [0.05, 0.1) is 11.4 Å². The van der Waals surface area contributed by atoms with Crippen LogP contribution in [0.2, 0.25) is 5.02 Å². The first kappa shape index (κ1) is 23.0. The molecule has 33 heavy (non-hydrogen) atoms. The molecule has 166 valence electrons. The van der Waals surface area contributed by atoms with Gasteiger partial charge < -0.3 is 10.6 Å². The number of anilines is 2. The van der Waals surface area contributed by atoms with E-state index in [2.05, 4.69) is 15.6 Å². The lowest BCUT2D eigenvalue weighted by Gasteiger charge is -2.07. The Morgan fingerprint density at radius 2 is 1.70 bits per heavy atom. The Morgan fingerprint density at radius 3 is 2.42 bits per heavy atom. The maximum Gasteiger partial charge on any atom is 0.255 e. The molecule has 1 aromatic heterocycles. The fourth-order valence-corrected chi connectivity index (χ4v) is 4.63. The van der Waals surface area contributed by atoms with Crippen LogP contribution < -0.4 is 10.6 Å². The number of amides is 2. The Hall–Kier alpha value is -3.13. The van der Waals surface area contributed by atoms with Crippen LogP contribution in [0, 0.1) is 6.92 Å². The molecule has 0 aliphatic rings. The molecule has 0 atom stereocenters. The van der Waals surface area contributed by atoms with E-state index in [1.165, 1.54) is 23.1 Å². The van der Waals surface area contributed by atoms with Crippen molar-refractivity contribution in [2.24, 2.45) is 0 Å². The number of halogens is 1. The second-order valence-corrected chi connectivity index (χ2v) is 9.51. The van der Waals surface area contributed by atoms with Gasteiger partial charge in [-0.3, -0.25) is 9.59 Å². The number of nitrogens with one attached hydrogen (secondary N) is 2. The molecule has 0 radical (unpaired) electrons. The zero-order chi connectivity index (χ0) is 23.2. The van der Waals surface area contributed by atoms with Crippen molar-refractivity contribution in [1.29, 1.82) is 0 Å². The summed E-state index contributed by atoms with van der Waals surface area (Å²) in [7, 11) is 0. The van der Waals surface area contributed by atoms with E-state index in [1.54, 1.807) is 12.1 Å². The molecule has 0 aliphatic heterocycles. The second kappa shape index (κ2) is 10.7. The van der Waals surface area contributed by atoms with Crippen molar-refractivity contribution in [2.45, 2.75) is 11.8 Å². The molecule has 5 nitrogen and oxygen atoms in total. The van der Waals surface area contributed by atoms with Crippen LogP contribution in [0.3, 0.4) is 0 Å². The minimum Gasteiger partial charge on any atom is -0.322 e. The number of rotatable bonds is 7. The van der Waals surface area contributed by atoms with Gasteiger partial charge in [0, 0.05) is 32.1 Å². The maximum absolute atomic E-state index is 12.3. The summed E-state index contributed by atoms with van der Waals surface area (Å²) in [6, 6.07) is 22.3. The molecule has 0 bridgehead atoms. The molecule has 1 heterocycles. The molecule has 4 rings (SSSR count). The Labute approximate surface area is 205 Å². The van der Waals surface area contributed by atoms with Crippen LogP contribution in [0.4, 0.5) is 10.8 Å². The van der Waals surface area contributed by atoms with Gasteiger partial charge in [0.25, 0.3) is 5.91 Å². The monoisotopic (exact) mass is 493 g/mol. The van der Waals surface area contributed by atoms with Crippen LogP contribution in [0.5, 0.6) is 0 Å². The van der Waals surface area contributed by atoms with E-state index >= 15 is 0 Å². The summed E-state index contributed by atoms with van der Waals surface area (Å²) in [4.78, 5) is 30.1. The molecular weight excluding hydrogens is 474 g/mol. The number of thiazole rings is 1. The van der Waals surface area contributed by atoms with Gasteiger partial charge in [-0.1, -0.05) is 47.5 Å². The third-order valence-electron chi connectivity index (χ3n) is 4.70. The number of nitrogens with zero attached hydrogens (tertiary/aromatic N) is 1. The van der Waals surface area contributed by atoms with Crippen molar-refractivity contribution in [2.75, 3.05) is 16.4 Å². The predicted molar refractivity (Wildman–Crippen MR) is 137 cm³/mol. The number of aryl methyl sites for hydroxylation is 1. The second-order valence-electron chi connectivity index (χ2n) is 7.20. The third kappa shape index (κ3) is 6.22. The minimum atomic E-state index is -0.158. The molecule has 2 amide bonds. The highest BCUT2D eigenvalue weighted by atomic mass is 35.5. The Bertz CT molecular complexity index is 1270. The highest BCUT2D eigenvalue weighted by Crippen LogP contribution is 2.30. The predicted octanol–water partition coefficient (Wildman–Crippen LogP) is 6.76. The quantitative estimate of drug-likeness (QED) is 0.279. The molecule has 0 saturated heterocycles. The van der Waals surface area contributed by atoms with Gasteiger partial charge in [0.15, 0.2) is 5.13 Å². The van der Waals surface area contributed by atoms with Crippen LogP contribution >= 0.6 is 34.7 Å². The van der Waals surface area contributed by atoms with E-state index in [-0.39, 0.29) is 17.6 Å². The summed E-state index contributed by atoms with van der Waals surface area (Å²) in [5.41, 5.74) is 3.98. The van der Waals surface area contributed by atoms with E-state index in [0.717, 1.165) is 21.7 Å². The molecule has 0 spiro atoms. The molecule has 3 aromatic carbocycles. The summed E-state index contributed by atoms with van der Waals surface area (Å²) in [6.45, 7) is 1.98. The van der Waals surface area contributed by atoms with Crippen LogP contribution in [-0.4, -0.2) is 22.6 Å². The first-order chi connectivity index (χ1) is 16.0. The summed E-state index contributed by atoms with van der Waals surface area (Å²) in [5, 5.41) is 8.73. The fourth-order valence-electron chi connectivity index (χ4n) is 2.97. The topological polar surface area (TPSA) is 71.1 Å². The minimum absolute atomic E-state index is 0.142. The van der Waals surface area contributed by atoms with Crippen LogP contribution in [0.1, 0.15) is 15.9 Å². The number of carbonyl (C=O) groups excluding carboxylic acids is 2. The Morgan fingerprint density at radius 1 is 0.970 bits per heavy atom. The van der Waals surface area contributed by atoms with Crippen molar-refractivity contribution >= 4 is 57.3 Å². The number of carbonyl (C=O) groups is 2. The first-order valence-corrected chi connectivity index (χ1v) is 12.3. The average molecular weight is 494 g/mol. The van der Waals surface area contributed by atoms with Gasteiger partial charge in [-0.15, -0.1) is 23.1 Å².